The van der Waals surface area contributed by atoms with Crippen molar-refractivity contribution in [2.45, 2.75) is 26.7 Å². The molecule has 0 radical (unpaired) electrons. The predicted molar refractivity (Wildman–Crippen MR) is 81.3 cm³/mol. The second-order valence-electron chi connectivity index (χ2n) is 4.61. The Morgan fingerprint density at radius 2 is 1.32 bits per heavy atom. The molecule has 0 fully saturated rings. The summed E-state index contributed by atoms with van der Waals surface area (Å²) in [5.41, 5.74) is 2.14. The molecule has 1 amide bonds. The van der Waals surface area contributed by atoms with Crippen LogP contribution >= 0.6 is 0 Å². The number of hydrogen-bond donors (Lipinski definition) is 1. The molecule has 2 aromatic carbocycles. The molecule has 2 nitrogen and oxygen atoms in total. The molecule has 100 valence electrons. The molecule has 0 aromatic heterocycles. The Hall–Kier alpha value is -2.09. The third-order valence-electron chi connectivity index (χ3n) is 2.56. The topological polar surface area (TPSA) is 29.1 Å². The van der Waals surface area contributed by atoms with Gasteiger partial charge in [-0.25, -0.2) is 0 Å². The van der Waals surface area contributed by atoms with Gasteiger partial charge in [-0.1, -0.05) is 62.4 Å². The highest BCUT2D eigenvalue weighted by atomic mass is 16.1. The van der Waals surface area contributed by atoms with E-state index in [1.54, 1.807) is 0 Å². The monoisotopic (exact) mass is 255 g/mol. The molecule has 1 N–H and O–H groups in total. The first-order valence-electron chi connectivity index (χ1n) is 6.47. The Labute approximate surface area is 115 Å². The zero-order valence-electron chi connectivity index (χ0n) is 11.8. The van der Waals surface area contributed by atoms with Gasteiger partial charge in [-0.3, -0.25) is 4.79 Å². The van der Waals surface area contributed by atoms with Crippen molar-refractivity contribution in [3.63, 3.8) is 0 Å². The summed E-state index contributed by atoms with van der Waals surface area (Å²) in [7, 11) is 0. The van der Waals surface area contributed by atoms with Crippen molar-refractivity contribution in [2.24, 2.45) is 0 Å². The summed E-state index contributed by atoms with van der Waals surface area (Å²) in [4.78, 5) is 10.7. The lowest BCUT2D eigenvalue weighted by atomic mass is 10.0. The summed E-state index contributed by atoms with van der Waals surface area (Å²) >= 11 is 0. The first-order valence-corrected chi connectivity index (χ1v) is 6.47. The third-order valence-corrected chi connectivity index (χ3v) is 2.56. The van der Waals surface area contributed by atoms with Gasteiger partial charge in [0.2, 0.25) is 5.91 Å². The minimum Gasteiger partial charge on any atom is -0.326 e. The van der Waals surface area contributed by atoms with Crippen molar-refractivity contribution in [2.75, 3.05) is 5.32 Å². The van der Waals surface area contributed by atoms with Gasteiger partial charge in [0.15, 0.2) is 0 Å². The molecule has 0 aliphatic heterocycles. The Kier molecular flexibility index (Phi) is 6.37. The van der Waals surface area contributed by atoms with Crippen LogP contribution in [0.25, 0.3) is 0 Å². The Bertz CT molecular complexity index is 448. The van der Waals surface area contributed by atoms with E-state index in [2.05, 4.69) is 19.2 Å². The predicted octanol–water partition coefficient (Wildman–Crippen LogP) is 4.46. The largest absolute Gasteiger partial charge is 0.326 e. The fourth-order valence-electron chi connectivity index (χ4n) is 1.54. The van der Waals surface area contributed by atoms with Crippen LogP contribution in [0.2, 0.25) is 0 Å². The van der Waals surface area contributed by atoms with Crippen LogP contribution in [0.3, 0.4) is 0 Å². The Morgan fingerprint density at radius 1 is 0.895 bits per heavy atom. The van der Waals surface area contributed by atoms with Crippen LogP contribution in [0.4, 0.5) is 5.69 Å². The van der Waals surface area contributed by atoms with Crippen molar-refractivity contribution >= 4 is 11.6 Å². The summed E-state index contributed by atoms with van der Waals surface area (Å²) in [6.45, 7) is 5.80. The van der Waals surface area contributed by atoms with Gasteiger partial charge in [-0.2, -0.15) is 0 Å². The molecule has 0 atom stereocenters. The van der Waals surface area contributed by atoms with E-state index < -0.39 is 0 Å². The second kappa shape index (κ2) is 8.09. The van der Waals surface area contributed by atoms with E-state index in [0.29, 0.717) is 5.92 Å². The second-order valence-corrected chi connectivity index (χ2v) is 4.61. The van der Waals surface area contributed by atoms with Crippen LogP contribution in [0.1, 0.15) is 32.3 Å². The lowest BCUT2D eigenvalue weighted by molar-refractivity contribution is -0.114. The summed E-state index contributed by atoms with van der Waals surface area (Å²) in [6, 6.07) is 19.9. The van der Waals surface area contributed by atoms with Crippen molar-refractivity contribution in [1.29, 1.82) is 0 Å². The van der Waals surface area contributed by atoms with Gasteiger partial charge >= 0.3 is 0 Å². The van der Waals surface area contributed by atoms with E-state index in [1.165, 1.54) is 12.5 Å². The van der Waals surface area contributed by atoms with Crippen molar-refractivity contribution in [1.82, 2.24) is 0 Å². The first-order chi connectivity index (χ1) is 9.09. The Morgan fingerprint density at radius 3 is 1.63 bits per heavy atom. The number of rotatable bonds is 2. The van der Waals surface area contributed by atoms with E-state index in [9.17, 15) is 4.79 Å². The van der Waals surface area contributed by atoms with Crippen molar-refractivity contribution in [3.05, 3.63) is 66.2 Å². The molecular formula is C17H21NO. The van der Waals surface area contributed by atoms with Crippen LogP contribution < -0.4 is 5.32 Å². The molecule has 0 spiro atoms. The summed E-state index contributed by atoms with van der Waals surface area (Å²) in [5.74, 6) is 0.503. The number of nitrogens with one attached hydrogen (secondary N) is 1. The van der Waals surface area contributed by atoms with Crippen LogP contribution in [-0.2, 0) is 4.79 Å². The fraction of sp³-hybridized carbons (Fsp3) is 0.235. The van der Waals surface area contributed by atoms with Gasteiger partial charge in [0.25, 0.3) is 0 Å². The summed E-state index contributed by atoms with van der Waals surface area (Å²) in [5, 5.41) is 2.73. The van der Waals surface area contributed by atoms with E-state index in [-0.39, 0.29) is 5.91 Å². The zero-order valence-corrected chi connectivity index (χ0v) is 11.8. The molecule has 0 bridgehead atoms. The number of hydrogen-bond acceptors (Lipinski definition) is 1. The van der Waals surface area contributed by atoms with Crippen LogP contribution in [0.15, 0.2) is 60.7 Å². The molecule has 0 aliphatic rings. The third kappa shape index (κ3) is 6.41. The molecule has 0 saturated carbocycles. The van der Waals surface area contributed by atoms with Crippen molar-refractivity contribution in [3.8, 4) is 0 Å². The molecule has 19 heavy (non-hydrogen) atoms. The van der Waals surface area contributed by atoms with E-state index in [1.807, 2.05) is 60.7 Å². The van der Waals surface area contributed by atoms with E-state index in [4.69, 9.17) is 0 Å². The Balaban J connectivity index is 0.000000250. The average molecular weight is 255 g/mol. The minimum absolute atomic E-state index is 0.0303. The van der Waals surface area contributed by atoms with Crippen LogP contribution in [0.5, 0.6) is 0 Å². The van der Waals surface area contributed by atoms with E-state index in [0.717, 1.165) is 5.69 Å². The molecule has 2 heteroatoms. The number of amides is 1. The van der Waals surface area contributed by atoms with Gasteiger partial charge in [0.05, 0.1) is 0 Å². The molecule has 0 aliphatic carbocycles. The fourth-order valence-corrected chi connectivity index (χ4v) is 1.54. The van der Waals surface area contributed by atoms with E-state index >= 15 is 0 Å². The normalized spacial score (nSPS) is 9.47. The number of carbonyl (C=O) groups excluding carboxylic acids is 1. The highest BCUT2D eigenvalue weighted by molar-refractivity contribution is 5.88. The number of anilines is 1. The maximum Gasteiger partial charge on any atom is 0.221 e. The molecule has 2 rings (SSSR count). The first kappa shape index (κ1) is 15.0. The molecular weight excluding hydrogens is 234 g/mol. The highest BCUT2D eigenvalue weighted by Crippen LogP contribution is 2.16. The van der Waals surface area contributed by atoms with Gasteiger partial charge in [0.1, 0.15) is 0 Å². The quantitative estimate of drug-likeness (QED) is 0.843. The average Bonchev–Trinajstić information content (AvgIpc) is 2.41. The van der Waals surface area contributed by atoms with Gasteiger partial charge in [-0.15, -0.1) is 0 Å². The molecule has 0 unspecified atom stereocenters. The van der Waals surface area contributed by atoms with Gasteiger partial charge in [-0.05, 0) is 23.6 Å². The number of benzene rings is 2. The van der Waals surface area contributed by atoms with Crippen LogP contribution in [-0.4, -0.2) is 5.91 Å². The lowest BCUT2D eigenvalue weighted by Crippen LogP contribution is -2.05. The highest BCUT2D eigenvalue weighted by Gasteiger charge is 1.99. The molecule has 0 heterocycles. The zero-order chi connectivity index (χ0) is 14.1. The van der Waals surface area contributed by atoms with Crippen molar-refractivity contribution < 1.29 is 4.79 Å². The molecule has 2 aromatic rings. The van der Waals surface area contributed by atoms with Gasteiger partial charge < -0.3 is 5.32 Å². The van der Waals surface area contributed by atoms with Crippen LogP contribution in [0, 0.1) is 0 Å². The maximum absolute atomic E-state index is 10.7. The SMILES string of the molecule is CC(=O)Nc1ccc(C(C)C)cc1.c1ccccc1. The van der Waals surface area contributed by atoms with Gasteiger partial charge in [0, 0.05) is 12.6 Å². The molecule has 0 saturated heterocycles. The maximum atomic E-state index is 10.7. The number of carbonyl (C=O) groups is 1. The summed E-state index contributed by atoms with van der Waals surface area (Å²) < 4.78 is 0. The summed E-state index contributed by atoms with van der Waals surface area (Å²) in [6.07, 6.45) is 0. The minimum atomic E-state index is -0.0303. The lowest BCUT2D eigenvalue weighted by Gasteiger charge is -2.06. The standard InChI is InChI=1S/C11H15NO.C6H6/c1-8(2)10-4-6-11(7-5-10)12-9(3)13;1-2-4-6-5-3-1/h4-8H,1-3H3,(H,12,13);1-6H. The smallest absolute Gasteiger partial charge is 0.221 e.